The predicted octanol–water partition coefficient (Wildman–Crippen LogP) is 4.41. The van der Waals surface area contributed by atoms with Crippen LogP contribution in [0.3, 0.4) is 0 Å². The molecule has 0 unspecified atom stereocenters. The Morgan fingerprint density at radius 2 is 1.55 bits per heavy atom. The van der Waals surface area contributed by atoms with Crippen molar-refractivity contribution in [1.82, 2.24) is 5.32 Å². The van der Waals surface area contributed by atoms with Gasteiger partial charge in [-0.3, -0.25) is 9.59 Å². The monoisotopic (exact) mass is 448 g/mol. The zero-order valence-electron chi connectivity index (χ0n) is 18.3. The van der Waals surface area contributed by atoms with E-state index < -0.39 is 6.16 Å². The number of rotatable bonds is 8. The minimum Gasteiger partial charge on any atom is -0.497 e. The van der Waals surface area contributed by atoms with Crippen LogP contribution in [0.15, 0.2) is 72.8 Å². The molecule has 33 heavy (non-hydrogen) atoms. The topological polar surface area (TPSA) is 103 Å². The van der Waals surface area contributed by atoms with Gasteiger partial charge in [-0.1, -0.05) is 18.2 Å². The highest BCUT2D eigenvalue weighted by molar-refractivity contribution is 6.04. The Hall–Kier alpha value is -4.33. The quantitative estimate of drug-likeness (QED) is 0.391. The van der Waals surface area contributed by atoms with Gasteiger partial charge in [-0.2, -0.15) is 0 Å². The Kier molecular flexibility index (Phi) is 8.02. The van der Waals surface area contributed by atoms with Gasteiger partial charge in [0.25, 0.3) is 11.8 Å². The van der Waals surface area contributed by atoms with Crippen LogP contribution in [0.5, 0.6) is 11.5 Å². The van der Waals surface area contributed by atoms with Crippen LogP contribution in [0.1, 0.15) is 33.2 Å². The SMILES string of the molecule is CCOC(=O)Oc1ccc(C(=O)Nc2ccc(CNC(=O)c3cccc(OC)c3)cc2)cc1. The average Bonchev–Trinajstić information content (AvgIpc) is 2.84. The van der Waals surface area contributed by atoms with Crippen molar-refractivity contribution in [3.05, 3.63) is 89.5 Å². The summed E-state index contributed by atoms with van der Waals surface area (Å²) in [6.07, 6.45) is -0.797. The summed E-state index contributed by atoms with van der Waals surface area (Å²) in [5.41, 5.74) is 2.40. The molecular weight excluding hydrogens is 424 g/mol. The minimum absolute atomic E-state index is 0.207. The van der Waals surface area contributed by atoms with Crippen molar-refractivity contribution < 1.29 is 28.6 Å². The first kappa shape index (κ1) is 23.3. The lowest BCUT2D eigenvalue weighted by Crippen LogP contribution is -2.22. The second-order valence-electron chi connectivity index (χ2n) is 6.88. The van der Waals surface area contributed by atoms with Crippen LogP contribution in [0.4, 0.5) is 10.5 Å². The van der Waals surface area contributed by atoms with Crippen LogP contribution in [0, 0.1) is 0 Å². The molecule has 0 fully saturated rings. The number of carbonyl (C=O) groups excluding carboxylic acids is 3. The molecule has 0 heterocycles. The summed E-state index contributed by atoms with van der Waals surface area (Å²) in [6, 6.07) is 20.2. The van der Waals surface area contributed by atoms with Crippen LogP contribution >= 0.6 is 0 Å². The minimum atomic E-state index is -0.797. The van der Waals surface area contributed by atoms with Crippen molar-refractivity contribution >= 4 is 23.7 Å². The number of hydrogen-bond donors (Lipinski definition) is 2. The number of nitrogens with one attached hydrogen (secondary N) is 2. The molecule has 0 spiro atoms. The normalized spacial score (nSPS) is 10.1. The van der Waals surface area contributed by atoms with Crippen LogP contribution in [0.2, 0.25) is 0 Å². The molecule has 3 aromatic carbocycles. The van der Waals surface area contributed by atoms with Gasteiger partial charge in [-0.05, 0) is 67.1 Å². The third-order valence-corrected chi connectivity index (χ3v) is 4.58. The molecule has 0 aliphatic heterocycles. The van der Waals surface area contributed by atoms with Crippen LogP contribution in [-0.2, 0) is 11.3 Å². The Morgan fingerprint density at radius 3 is 2.21 bits per heavy atom. The maximum Gasteiger partial charge on any atom is 0.513 e. The van der Waals surface area contributed by atoms with E-state index in [1.54, 1.807) is 62.6 Å². The van der Waals surface area contributed by atoms with E-state index in [-0.39, 0.29) is 24.2 Å². The van der Waals surface area contributed by atoms with E-state index in [2.05, 4.69) is 10.6 Å². The molecule has 8 heteroatoms. The Bertz CT molecular complexity index is 1110. The number of benzene rings is 3. The summed E-state index contributed by atoms with van der Waals surface area (Å²) in [6.45, 7) is 2.23. The number of hydrogen-bond acceptors (Lipinski definition) is 6. The molecule has 0 saturated heterocycles. The number of carbonyl (C=O) groups is 3. The van der Waals surface area contributed by atoms with Gasteiger partial charge in [-0.25, -0.2) is 4.79 Å². The molecule has 0 aliphatic carbocycles. The number of anilines is 1. The lowest BCUT2D eigenvalue weighted by atomic mass is 10.1. The summed E-state index contributed by atoms with van der Waals surface area (Å²) >= 11 is 0. The summed E-state index contributed by atoms with van der Waals surface area (Å²) < 4.78 is 14.8. The molecular formula is C25H24N2O6. The molecule has 2 N–H and O–H groups in total. The van der Waals surface area contributed by atoms with Crippen molar-refractivity contribution in [3.63, 3.8) is 0 Å². The van der Waals surface area contributed by atoms with E-state index >= 15 is 0 Å². The molecule has 0 aliphatic rings. The standard InChI is InChI=1S/C25H24N2O6/c1-3-32-25(30)33-21-13-9-18(10-14-21)24(29)27-20-11-7-17(8-12-20)16-26-23(28)19-5-4-6-22(15-19)31-2/h4-15H,3,16H2,1-2H3,(H,26,28)(H,27,29). The van der Waals surface area contributed by atoms with Gasteiger partial charge in [-0.15, -0.1) is 0 Å². The zero-order chi connectivity index (χ0) is 23.6. The average molecular weight is 448 g/mol. The van der Waals surface area contributed by atoms with Gasteiger partial charge in [0, 0.05) is 23.4 Å². The smallest absolute Gasteiger partial charge is 0.497 e. The molecule has 0 saturated carbocycles. The van der Waals surface area contributed by atoms with E-state index in [0.717, 1.165) is 5.56 Å². The number of amides is 2. The first-order chi connectivity index (χ1) is 16.0. The molecule has 2 amide bonds. The van der Waals surface area contributed by atoms with Crippen LogP contribution in [-0.4, -0.2) is 31.7 Å². The van der Waals surface area contributed by atoms with Gasteiger partial charge in [0.1, 0.15) is 11.5 Å². The fourth-order valence-electron chi connectivity index (χ4n) is 2.88. The van der Waals surface area contributed by atoms with E-state index in [9.17, 15) is 14.4 Å². The van der Waals surface area contributed by atoms with E-state index in [0.29, 0.717) is 29.1 Å². The van der Waals surface area contributed by atoms with Crippen LogP contribution in [0.25, 0.3) is 0 Å². The zero-order valence-corrected chi connectivity index (χ0v) is 18.3. The van der Waals surface area contributed by atoms with Gasteiger partial charge < -0.3 is 24.8 Å². The first-order valence-electron chi connectivity index (χ1n) is 10.3. The van der Waals surface area contributed by atoms with E-state index in [4.69, 9.17) is 14.2 Å². The molecule has 3 aromatic rings. The highest BCUT2D eigenvalue weighted by Crippen LogP contribution is 2.16. The summed E-state index contributed by atoms with van der Waals surface area (Å²) in [7, 11) is 1.55. The third kappa shape index (κ3) is 6.83. The van der Waals surface area contributed by atoms with Gasteiger partial charge >= 0.3 is 6.16 Å². The van der Waals surface area contributed by atoms with Gasteiger partial charge in [0.15, 0.2) is 0 Å². The highest BCUT2D eigenvalue weighted by atomic mass is 16.7. The summed E-state index contributed by atoms with van der Waals surface area (Å²) in [5, 5.41) is 5.65. The van der Waals surface area contributed by atoms with Crippen molar-refractivity contribution in [3.8, 4) is 11.5 Å². The summed E-state index contributed by atoms with van der Waals surface area (Å²) in [5.74, 6) is 0.382. The first-order valence-corrected chi connectivity index (χ1v) is 10.3. The van der Waals surface area contributed by atoms with E-state index in [1.165, 1.54) is 12.1 Å². The van der Waals surface area contributed by atoms with Crippen molar-refractivity contribution in [1.29, 1.82) is 0 Å². The molecule has 170 valence electrons. The molecule has 0 radical (unpaired) electrons. The highest BCUT2D eigenvalue weighted by Gasteiger charge is 2.10. The van der Waals surface area contributed by atoms with Gasteiger partial charge in [0.05, 0.1) is 13.7 Å². The molecule has 0 bridgehead atoms. The molecule has 8 nitrogen and oxygen atoms in total. The Morgan fingerprint density at radius 1 is 0.818 bits per heavy atom. The lowest BCUT2D eigenvalue weighted by Gasteiger charge is -2.09. The number of ether oxygens (including phenoxy) is 3. The summed E-state index contributed by atoms with van der Waals surface area (Å²) in [4.78, 5) is 36.1. The molecule has 0 atom stereocenters. The lowest BCUT2D eigenvalue weighted by molar-refractivity contribution is 0.0949. The largest absolute Gasteiger partial charge is 0.513 e. The maximum absolute atomic E-state index is 12.4. The fraction of sp³-hybridized carbons (Fsp3) is 0.160. The molecule has 0 aromatic heterocycles. The van der Waals surface area contributed by atoms with Crippen molar-refractivity contribution in [2.24, 2.45) is 0 Å². The third-order valence-electron chi connectivity index (χ3n) is 4.58. The molecule has 3 rings (SSSR count). The maximum atomic E-state index is 12.4. The van der Waals surface area contributed by atoms with Crippen molar-refractivity contribution in [2.75, 3.05) is 19.0 Å². The Labute approximate surface area is 191 Å². The van der Waals surface area contributed by atoms with Crippen LogP contribution < -0.4 is 20.1 Å². The Balaban J connectivity index is 1.52. The van der Waals surface area contributed by atoms with Gasteiger partial charge in [0.2, 0.25) is 0 Å². The second-order valence-corrected chi connectivity index (χ2v) is 6.88. The number of methoxy groups -OCH3 is 1. The predicted molar refractivity (Wildman–Crippen MR) is 123 cm³/mol. The second kappa shape index (κ2) is 11.3. The fourth-order valence-corrected chi connectivity index (χ4v) is 2.88. The van der Waals surface area contributed by atoms with Crippen molar-refractivity contribution in [2.45, 2.75) is 13.5 Å². The van der Waals surface area contributed by atoms with E-state index in [1.807, 2.05) is 12.1 Å².